The summed E-state index contributed by atoms with van der Waals surface area (Å²) in [6.45, 7) is 2.37. The van der Waals surface area contributed by atoms with Crippen molar-refractivity contribution in [1.29, 1.82) is 0 Å². The molecule has 0 aliphatic rings. The SMILES string of the molecule is Cc1ccc(NC(=O)N(C)CCCC(=O)O)cc1Br. The molecule has 0 radical (unpaired) electrons. The highest BCUT2D eigenvalue weighted by Crippen LogP contribution is 2.20. The molecule has 0 spiro atoms. The predicted molar refractivity (Wildman–Crippen MR) is 77.4 cm³/mol. The Morgan fingerprint density at radius 2 is 2.11 bits per heavy atom. The van der Waals surface area contributed by atoms with Crippen LogP contribution < -0.4 is 5.32 Å². The normalized spacial score (nSPS) is 10.1. The van der Waals surface area contributed by atoms with Gasteiger partial charge in [0.15, 0.2) is 0 Å². The van der Waals surface area contributed by atoms with Crippen LogP contribution in [0.4, 0.5) is 10.5 Å². The van der Waals surface area contributed by atoms with Gasteiger partial charge in [0.1, 0.15) is 0 Å². The number of urea groups is 1. The van der Waals surface area contributed by atoms with E-state index in [1.54, 1.807) is 7.05 Å². The number of carbonyl (C=O) groups excluding carboxylic acids is 1. The summed E-state index contributed by atoms with van der Waals surface area (Å²) in [5, 5.41) is 11.3. The van der Waals surface area contributed by atoms with E-state index in [9.17, 15) is 9.59 Å². The zero-order chi connectivity index (χ0) is 14.4. The van der Waals surface area contributed by atoms with Gasteiger partial charge in [-0.05, 0) is 31.0 Å². The maximum absolute atomic E-state index is 11.8. The van der Waals surface area contributed by atoms with Crippen molar-refractivity contribution in [3.8, 4) is 0 Å². The molecular formula is C13H17BrN2O3. The molecule has 5 nitrogen and oxygen atoms in total. The van der Waals surface area contributed by atoms with Crippen LogP contribution >= 0.6 is 15.9 Å². The van der Waals surface area contributed by atoms with Crippen molar-refractivity contribution in [1.82, 2.24) is 4.90 Å². The fourth-order valence-electron chi connectivity index (χ4n) is 1.46. The maximum Gasteiger partial charge on any atom is 0.321 e. The van der Waals surface area contributed by atoms with Gasteiger partial charge in [0, 0.05) is 30.2 Å². The van der Waals surface area contributed by atoms with Crippen LogP contribution in [0.2, 0.25) is 0 Å². The van der Waals surface area contributed by atoms with E-state index < -0.39 is 5.97 Å². The smallest absolute Gasteiger partial charge is 0.321 e. The van der Waals surface area contributed by atoms with Crippen LogP contribution in [0.1, 0.15) is 18.4 Å². The lowest BCUT2D eigenvalue weighted by Crippen LogP contribution is -2.32. The Balaban J connectivity index is 2.49. The van der Waals surface area contributed by atoms with Gasteiger partial charge in [0.25, 0.3) is 0 Å². The molecule has 2 N–H and O–H groups in total. The number of amides is 2. The van der Waals surface area contributed by atoms with E-state index in [-0.39, 0.29) is 12.5 Å². The third-order valence-electron chi connectivity index (χ3n) is 2.65. The summed E-state index contributed by atoms with van der Waals surface area (Å²) in [6, 6.07) is 5.31. The molecule has 0 aliphatic heterocycles. The number of nitrogens with one attached hydrogen (secondary N) is 1. The quantitative estimate of drug-likeness (QED) is 0.872. The Labute approximate surface area is 120 Å². The molecule has 0 saturated heterocycles. The predicted octanol–water partition coefficient (Wildman–Crippen LogP) is 3.09. The van der Waals surface area contributed by atoms with Crippen molar-refractivity contribution in [3.63, 3.8) is 0 Å². The molecule has 1 aromatic rings. The average Bonchev–Trinajstić information content (AvgIpc) is 2.33. The van der Waals surface area contributed by atoms with Crippen molar-refractivity contribution < 1.29 is 14.7 Å². The van der Waals surface area contributed by atoms with E-state index in [4.69, 9.17) is 5.11 Å². The molecule has 1 aromatic carbocycles. The van der Waals surface area contributed by atoms with Crippen molar-refractivity contribution in [2.45, 2.75) is 19.8 Å². The molecular weight excluding hydrogens is 312 g/mol. The van der Waals surface area contributed by atoms with E-state index in [1.807, 2.05) is 25.1 Å². The van der Waals surface area contributed by atoms with Gasteiger partial charge in [0.05, 0.1) is 0 Å². The number of carbonyl (C=O) groups is 2. The number of hydrogen-bond acceptors (Lipinski definition) is 2. The molecule has 19 heavy (non-hydrogen) atoms. The first kappa shape index (κ1) is 15.5. The molecule has 0 fully saturated rings. The van der Waals surface area contributed by atoms with Gasteiger partial charge in [0.2, 0.25) is 0 Å². The van der Waals surface area contributed by atoms with Crippen molar-refractivity contribution in [2.75, 3.05) is 18.9 Å². The summed E-state index contributed by atoms with van der Waals surface area (Å²) in [5.41, 5.74) is 1.79. The lowest BCUT2D eigenvalue weighted by Gasteiger charge is -2.17. The first-order chi connectivity index (χ1) is 8.90. The second kappa shape index (κ2) is 7.13. The topological polar surface area (TPSA) is 69.6 Å². The molecule has 1 rings (SSSR count). The molecule has 104 valence electrons. The number of benzene rings is 1. The molecule has 0 heterocycles. The second-order valence-corrected chi connectivity index (χ2v) is 5.17. The molecule has 0 atom stereocenters. The highest BCUT2D eigenvalue weighted by molar-refractivity contribution is 9.10. The number of anilines is 1. The van der Waals surface area contributed by atoms with Gasteiger partial charge in [-0.25, -0.2) is 4.79 Å². The van der Waals surface area contributed by atoms with Crippen LogP contribution in [0.3, 0.4) is 0 Å². The second-order valence-electron chi connectivity index (χ2n) is 4.31. The summed E-state index contributed by atoms with van der Waals surface area (Å²) in [6.07, 6.45) is 0.505. The van der Waals surface area contributed by atoms with E-state index >= 15 is 0 Å². The molecule has 6 heteroatoms. The molecule has 0 aliphatic carbocycles. The third-order valence-corrected chi connectivity index (χ3v) is 3.51. The standard InChI is InChI=1S/C13H17BrN2O3/c1-9-5-6-10(8-11(9)14)15-13(19)16(2)7-3-4-12(17)18/h5-6,8H,3-4,7H2,1-2H3,(H,15,19)(H,17,18). The third kappa shape index (κ3) is 5.30. The van der Waals surface area contributed by atoms with Crippen LogP contribution in [0.25, 0.3) is 0 Å². The number of aryl methyl sites for hydroxylation is 1. The highest BCUT2D eigenvalue weighted by atomic mass is 79.9. The number of carboxylic acid groups (broad SMARTS) is 1. The Morgan fingerprint density at radius 3 is 2.68 bits per heavy atom. The van der Waals surface area contributed by atoms with Crippen LogP contribution in [-0.2, 0) is 4.79 Å². The van der Waals surface area contributed by atoms with Crippen LogP contribution in [-0.4, -0.2) is 35.6 Å². The molecule has 0 bridgehead atoms. The van der Waals surface area contributed by atoms with Crippen molar-refractivity contribution in [3.05, 3.63) is 28.2 Å². The molecule has 0 saturated carbocycles. The van der Waals surface area contributed by atoms with Crippen LogP contribution in [0.5, 0.6) is 0 Å². The Bertz CT molecular complexity index is 477. The summed E-state index contributed by atoms with van der Waals surface area (Å²) in [7, 11) is 1.64. The monoisotopic (exact) mass is 328 g/mol. The number of halogens is 1. The molecule has 2 amide bonds. The lowest BCUT2D eigenvalue weighted by molar-refractivity contribution is -0.137. The van der Waals surface area contributed by atoms with Gasteiger partial charge in [-0.2, -0.15) is 0 Å². The minimum atomic E-state index is -0.851. The number of nitrogens with zero attached hydrogens (tertiary/aromatic N) is 1. The van der Waals surface area contributed by atoms with Gasteiger partial charge >= 0.3 is 12.0 Å². The van der Waals surface area contributed by atoms with Crippen LogP contribution in [0, 0.1) is 6.92 Å². The van der Waals surface area contributed by atoms with Crippen LogP contribution in [0.15, 0.2) is 22.7 Å². The summed E-state index contributed by atoms with van der Waals surface area (Å²) >= 11 is 3.40. The maximum atomic E-state index is 11.8. The first-order valence-electron chi connectivity index (χ1n) is 5.90. The average molecular weight is 329 g/mol. The van der Waals surface area contributed by atoms with E-state index in [0.29, 0.717) is 18.7 Å². The van der Waals surface area contributed by atoms with E-state index in [0.717, 1.165) is 10.0 Å². The Hall–Kier alpha value is -1.56. The van der Waals surface area contributed by atoms with E-state index in [1.165, 1.54) is 4.90 Å². The van der Waals surface area contributed by atoms with Gasteiger partial charge in [-0.15, -0.1) is 0 Å². The minimum absolute atomic E-state index is 0.0632. The zero-order valence-corrected chi connectivity index (χ0v) is 12.5. The number of rotatable bonds is 5. The van der Waals surface area contributed by atoms with Gasteiger partial charge in [-0.1, -0.05) is 22.0 Å². The number of hydrogen-bond donors (Lipinski definition) is 2. The summed E-state index contributed by atoms with van der Waals surface area (Å²) in [4.78, 5) is 23.7. The van der Waals surface area contributed by atoms with Crippen molar-refractivity contribution in [2.24, 2.45) is 0 Å². The number of aliphatic carboxylic acids is 1. The lowest BCUT2D eigenvalue weighted by atomic mass is 10.2. The fourth-order valence-corrected chi connectivity index (χ4v) is 1.84. The number of carboxylic acids is 1. The largest absolute Gasteiger partial charge is 0.481 e. The van der Waals surface area contributed by atoms with Crippen molar-refractivity contribution >= 4 is 33.6 Å². The fraction of sp³-hybridized carbons (Fsp3) is 0.385. The molecule has 0 unspecified atom stereocenters. The summed E-state index contributed by atoms with van der Waals surface area (Å²) < 4.78 is 0.929. The Kier molecular flexibility index (Phi) is 5.82. The Morgan fingerprint density at radius 1 is 1.42 bits per heavy atom. The van der Waals surface area contributed by atoms with E-state index in [2.05, 4.69) is 21.2 Å². The zero-order valence-electron chi connectivity index (χ0n) is 10.9. The highest BCUT2D eigenvalue weighted by Gasteiger charge is 2.09. The minimum Gasteiger partial charge on any atom is -0.481 e. The van der Waals surface area contributed by atoms with Gasteiger partial charge < -0.3 is 15.3 Å². The first-order valence-corrected chi connectivity index (χ1v) is 6.69. The molecule has 0 aromatic heterocycles. The summed E-state index contributed by atoms with van der Waals surface area (Å²) in [5.74, 6) is -0.851. The van der Waals surface area contributed by atoms with Gasteiger partial charge in [-0.3, -0.25) is 4.79 Å².